The van der Waals surface area contributed by atoms with Gasteiger partial charge in [-0.15, -0.1) is 10.2 Å². The van der Waals surface area contributed by atoms with E-state index in [-0.39, 0.29) is 17.8 Å². The van der Waals surface area contributed by atoms with Gasteiger partial charge >= 0.3 is 6.09 Å². The van der Waals surface area contributed by atoms with E-state index in [9.17, 15) is 9.59 Å². The van der Waals surface area contributed by atoms with Crippen molar-refractivity contribution in [1.82, 2.24) is 20.4 Å². The number of nitrogens with one attached hydrogen (secondary N) is 1. The second-order valence-electron chi connectivity index (χ2n) is 5.54. The number of amides is 2. The summed E-state index contributed by atoms with van der Waals surface area (Å²) >= 11 is 1.24. The molecule has 9 heteroatoms. The van der Waals surface area contributed by atoms with E-state index in [1.807, 2.05) is 4.90 Å². The molecule has 0 bridgehead atoms. The predicted molar refractivity (Wildman–Crippen MR) is 77.4 cm³/mol. The van der Waals surface area contributed by atoms with Crippen LogP contribution in [0.1, 0.15) is 25.2 Å². The Morgan fingerprint density at radius 3 is 2.95 bits per heavy atom. The molecule has 2 amide bonds. The molecule has 2 saturated heterocycles. The van der Waals surface area contributed by atoms with E-state index in [2.05, 4.69) is 15.5 Å². The zero-order valence-corrected chi connectivity index (χ0v) is 13.1. The van der Waals surface area contributed by atoms with Crippen molar-refractivity contribution >= 4 is 23.8 Å². The fourth-order valence-electron chi connectivity index (χ4n) is 2.75. The van der Waals surface area contributed by atoms with Crippen molar-refractivity contribution in [2.24, 2.45) is 0 Å². The molecule has 1 spiro atoms. The average molecular weight is 326 g/mol. The topological polar surface area (TPSA) is 97.6 Å². The molecule has 0 aromatic carbocycles. The van der Waals surface area contributed by atoms with Gasteiger partial charge in [0.05, 0.1) is 12.3 Å². The van der Waals surface area contributed by atoms with Crippen LogP contribution in [0.3, 0.4) is 0 Å². The fourth-order valence-corrected chi connectivity index (χ4v) is 3.46. The van der Waals surface area contributed by atoms with Gasteiger partial charge in [0, 0.05) is 26.4 Å². The number of hydrogen-bond donors (Lipinski definition) is 1. The number of likely N-dealkylation sites (tertiary alicyclic amines) is 1. The molecule has 1 N–H and O–H groups in total. The first-order chi connectivity index (χ1) is 10.6. The summed E-state index contributed by atoms with van der Waals surface area (Å²) in [6.07, 6.45) is 1.92. The number of carbonyl (C=O) groups excluding carboxylic acids is 2. The van der Waals surface area contributed by atoms with Crippen LogP contribution in [-0.4, -0.2) is 58.1 Å². The summed E-state index contributed by atoms with van der Waals surface area (Å²) in [7, 11) is 0. The largest absolute Gasteiger partial charge is 0.441 e. The highest BCUT2D eigenvalue weighted by atomic mass is 32.2. The molecule has 2 aliphatic heterocycles. The maximum atomic E-state index is 12.3. The van der Waals surface area contributed by atoms with Gasteiger partial charge in [0.2, 0.25) is 11.8 Å². The van der Waals surface area contributed by atoms with Crippen molar-refractivity contribution in [3.05, 3.63) is 5.89 Å². The van der Waals surface area contributed by atoms with Crippen LogP contribution in [0, 0.1) is 6.92 Å². The number of aryl methyl sites for hydroxylation is 1. The fraction of sp³-hybridized carbons (Fsp3) is 0.692. The number of aromatic nitrogens is 2. The summed E-state index contributed by atoms with van der Waals surface area (Å²) in [5, 5.41) is 10.7. The van der Waals surface area contributed by atoms with E-state index in [0.29, 0.717) is 37.2 Å². The summed E-state index contributed by atoms with van der Waals surface area (Å²) in [5.41, 5.74) is -0.442. The van der Waals surface area contributed by atoms with Crippen LogP contribution in [0.5, 0.6) is 0 Å². The maximum absolute atomic E-state index is 12.3. The first-order valence-electron chi connectivity index (χ1n) is 7.24. The van der Waals surface area contributed by atoms with Crippen LogP contribution in [0.4, 0.5) is 4.79 Å². The van der Waals surface area contributed by atoms with Crippen molar-refractivity contribution in [3.8, 4) is 0 Å². The molecule has 1 aromatic heterocycles. The van der Waals surface area contributed by atoms with Gasteiger partial charge in [-0.1, -0.05) is 11.8 Å². The smallest absolute Gasteiger partial charge is 0.407 e. The molecule has 1 aromatic rings. The predicted octanol–water partition coefficient (Wildman–Crippen LogP) is 0.961. The Labute approximate surface area is 132 Å². The lowest BCUT2D eigenvalue weighted by Crippen LogP contribution is -2.37. The SMILES string of the molecule is Cc1nnc(SCC(=O)N2CCCC3(CC2)CNC(=O)O3)o1. The Morgan fingerprint density at radius 1 is 1.41 bits per heavy atom. The Kier molecular flexibility index (Phi) is 4.23. The maximum Gasteiger partial charge on any atom is 0.407 e. The molecule has 2 aliphatic rings. The standard InChI is InChI=1S/C13H18N4O4S/c1-9-15-16-12(20-9)22-7-10(18)17-5-2-3-13(4-6-17)8-14-11(19)21-13/h2-8H2,1H3,(H,14,19). The Bertz CT molecular complexity index is 578. The van der Waals surface area contributed by atoms with Gasteiger partial charge in [-0.2, -0.15) is 0 Å². The lowest BCUT2D eigenvalue weighted by Gasteiger charge is -2.24. The molecule has 3 heterocycles. The zero-order chi connectivity index (χ0) is 15.6. The normalized spacial score (nSPS) is 25.0. The van der Waals surface area contributed by atoms with Crippen molar-refractivity contribution in [3.63, 3.8) is 0 Å². The highest BCUT2D eigenvalue weighted by Gasteiger charge is 2.41. The number of alkyl carbamates (subject to hydrolysis) is 1. The number of carbonyl (C=O) groups is 2. The first kappa shape index (κ1) is 15.1. The van der Waals surface area contributed by atoms with Crippen LogP contribution in [0.25, 0.3) is 0 Å². The summed E-state index contributed by atoms with van der Waals surface area (Å²) in [6, 6.07) is 0. The molecular formula is C13H18N4O4S. The minimum absolute atomic E-state index is 0.0372. The van der Waals surface area contributed by atoms with Crippen molar-refractivity contribution in [2.45, 2.75) is 37.0 Å². The number of hydrogen-bond acceptors (Lipinski definition) is 7. The van der Waals surface area contributed by atoms with Gasteiger partial charge in [0.25, 0.3) is 5.22 Å². The number of nitrogens with zero attached hydrogens (tertiary/aromatic N) is 3. The Hall–Kier alpha value is -1.77. The lowest BCUT2D eigenvalue weighted by atomic mass is 9.95. The average Bonchev–Trinajstić information content (AvgIpc) is 2.99. The molecule has 1 atom stereocenters. The number of ether oxygens (including phenoxy) is 1. The highest BCUT2D eigenvalue weighted by Crippen LogP contribution is 2.29. The van der Waals surface area contributed by atoms with Crippen molar-refractivity contribution in [1.29, 1.82) is 0 Å². The molecule has 120 valence electrons. The van der Waals surface area contributed by atoms with Gasteiger partial charge in [-0.25, -0.2) is 4.79 Å². The summed E-state index contributed by atoms with van der Waals surface area (Å²) < 4.78 is 10.6. The van der Waals surface area contributed by atoms with E-state index in [0.717, 1.165) is 12.8 Å². The van der Waals surface area contributed by atoms with Crippen LogP contribution in [0.2, 0.25) is 0 Å². The second kappa shape index (κ2) is 6.15. The van der Waals surface area contributed by atoms with Crippen LogP contribution < -0.4 is 5.32 Å². The van der Waals surface area contributed by atoms with Crippen LogP contribution >= 0.6 is 11.8 Å². The zero-order valence-electron chi connectivity index (χ0n) is 12.3. The van der Waals surface area contributed by atoms with Gasteiger partial charge in [-0.3, -0.25) is 4.79 Å². The van der Waals surface area contributed by atoms with Crippen LogP contribution in [0.15, 0.2) is 9.64 Å². The number of rotatable bonds is 3. The van der Waals surface area contributed by atoms with Gasteiger partial charge in [0.1, 0.15) is 5.60 Å². The third-order valence-electron chi connectivity index (χ3n) is 3.94. The summed E-state index contributed by atoms with van der Waals surface area (Å²) in [5.74, 6) is 0.796. The first-order valence-corrected chi connectivity index (χ1v) is 8.22. The van der Waals surface area contributed by atoms with E-state index < -0.39 is 5.60 Å². The molecule has 22 heavy (non-hydrogen) atoms. The molecule has 0 aliphatic carbocycles. The van der Waals surface area contributed by atoms with Crippen LogP contribution in [-0.2, 0) is 9.53 Å². The van der Waals surface area contributed by atoms with E-state index in [4.69, 9.17) is 9.15 Å². The molecule has 1 unspecified atom stereocenters. The number of thioether (sulfide) groups is 1. The Morgan fingerprint density at radius 2 is 2.27 bits per heavy atom. The highest BCUT2D eigenvalue weighted by molar-refractivity contribution is 7.99. The second-order valence-corrected chi connectivity index (χ2v) is 6.46. The minimum Gasteiger partial charge on any atom is -0.441 e. The molecule has 2 fully saturated rings. The van der Waals surface area contributed by atoms with Gasteiger partial charge < -0.3 is 19.4 Å². The quantitative estimate of drug-likeness (QED) is 0.826. The van der Waals surface area contributed by atoms with Crippen molar-refractivity contribution in [2.75, 3.05) is 25.4 Å². The molecule has 3 rings (SSSR count). The lowest BCUT2D eigenvalue weighted by molar-refractivity contribution is -0.128. The van der Waals surface area contributed by atoms with E-state index in [1.165, 1.54) is 11.8 Å². The third-order valence-corrected chi connectivity index (χ3v) is 4.74. The molecule has 0 radical (unpaired) electrons. The van der Waals surface area contributed by atoms with E-state index in [1.54, 1.807) is 6.92 Å². The molecule has 0 saturated carbocycles. The summed E-state index contributed by atoms with van der Waals surface area (Å²) in [6.45, 7) is 3.52. The monoisotopic (exact) mass is 326 g/mol. The van der Waals surface area contributed by atoms with Gasteiger partial charge in [-0.05, 0) is 12.8 Å². The van der Waals surface area contributed by atoms with Crippen molar-refractivity contribution < 1.29 is 18.7 Å². The van der Waals surface area contributed by atoms with Gasteiger partial charge in [0.15, 0.2) is 0 Å². The third kappa shape index (κ3) is 3.34. The molecular weight excluding hydrogens is 308 g/mol. The molecule has 8 nitrogen and oxygen atoms in total. The minimum atomic E-state index is -0.442. The summed E-state index contributed by atoms with van der Waals surface area (Å²) in [4.78, 5) is 25.4. The Balaban J connectivity index is 1.52. The van der Waals surface area contributed by atoms with E-state index >= 15 is 0 Å².